The number of anilines is 1. The number of rotatable bonds is 8. The largest absolute Gasteiger partial charge is 0.508 e. The zero-order valence-corrected chi connectivity index (χ0v) is 18.4. The van der Waals surface area contributed by atoms with Crippen LogP contribution in [-0.2, 0) is 11.2 Å². The third kappa shape index (κ3) is 5.74. The second-order valence-electron chi connectivity index (χ2n) is 7.62. The maximum absolute atomic E-state index is 12.6. The molecule has 0 saturated heterocycles. The Balaban J connectivity index is 1.55. The van der Waals surface area contributed by atoms with Gasteiger partial charge in [0.05, 0.1) is 19.0 Å². The highest BCUT2D eigenvalue weighted by atomic mass is 16.5. The van der Waals surface area contributed by atoms with E-state index < -0.39 is 0 Å². The molecule has 6 heteroatoms. The van der Waals surface area contributed by atoms with E-state index in [9.17, 15) is 9.90 Å². The van der Waals surface area contributed by atoms with Crippen molar-refractivity contribution in [3.05, 3.63) is 90.6 Å². The fourth-order valence-electron chi connectivity index (χ4n) is 3.49. The second kappa shape index (κ2) is 10.4. The molecule has 0 unspecified atom stereocenters. The Morgan fingerprint density at radius 1 is 0.939 bits per heavy atom. The summed E-state index contributed by atoms with van der Waals surface area (Å²) < 4.78 is 5.23. The van der Waals surface area contributed by atoms with Gasteiger partial charge in [0.2, 0.25) is 5.91 Å². The molecule has 2 N–H and O–H groups in total. The molecular weight excluding hydrogens is 414 g/mol. The molecule has 6 nitrogen and oxygen atoms in total. The van der Waals surface area contributed by atoms with Gasteiger partial charge in [0.25, 0.3) is 0 Å². The summed E-state index contributed by atoms with van der Waals surface area (Å²) >= 11 is 0. The Hall–Kier alpha value is -4.19. The number of aromatic nitrogens is 2. The van der Waals surface area contributed by atoms with Gasteiger partial charge in [-0.2, -0.15) is 0 Å². The number of phenolic OH excluding ortho intramolecular Hbond substituents is 1. The van der Waals surface area contributed by atoms with Crippen LogP contribution in [0.2, 0.25) is 0 Å². The fraction of sp³-hybridized carbons (Fsp3) is 0.148. The Morgan fingerprint density at radius 2 is 1.64 bits per heavy atom. The van der Waals surface area contributed by atoms with E-state index in [0.29, 0.717) is 23.6 Å². The molecule has 1 heterocycles. The van der Waals surface area contributed by atoms with Gasteiger partial charge in [-0.15, -0.1) is 0 Å². The van der Waals surface area contributed by atoms with Crippen molar-refractivity contribution in [2.45, 2.75) is 19.3 Å². The topological polar surface area (TPSA) is 84.3 Å². The van der Waals surface area contributed by atoms with Crippen LogP contribution in [0.15, 0.2) is 85.1 Å². The first-order valence-corrected chi connectivity index (χ1v) is 10.8. The Labute approximate surface area is 192 Å². The summed E-state index contributed by atoms with van der Waals surface area (Å²) in [5, 5.41) is 12.6. The summed E-state index contributed by atoms with van der Waals surface area (Å²) in [4.78, 5) is 21.9. The van der Waals surface area contributed by atoms with Crippen LogP contribution in [0.5, 0.6) is 11.5 Å². The van der Waals surface area contributed by atoms with Crippen LogP contribution in [0.25, 0.3) is 22.5 Å². The van der Waals surface area contributed by atoms with Gasteiger partial charge in [-0.3, -0.25) is 4.79 Å². The molecule has 0 aliphatic rings. The average Bonchev–Trinajstić information content (AvgIpc) is 2.85. The van der Waals surface area contributed by atoms with E-state index in [-0.39, 0.29) is 11.7 Å². The summed E-state index contributed by atoms with van der Waals surface area (Å²) in [6, 6.07) is 24.3. The SMILES string of the molecule is COc1ccc(-c2cnc(NC(=O)CCCc3ccccc3)c(-c3ccc(O)cc3)n2)cc1. The highest BCUT2D eigenvalue weighted by Gasteiger charge is 2.14. The van der Waals surface area contributed by atoms with Crippen molar-refractivity contribution < 1.29 is 14.6 Å². The number of hydrogen-bond acceptors (Lipinski definition) is 5. The molecule has 1 aromatic heterocycles. The molecule has 0 bridgehead atoms. The van der Waals surface area contributed by atoms with E-state index in [0.717, 1.165) is 29.7 Å². The van der Waals surface area contributed by atoms with Gasteiger partial charge in [-0.05, 0) is 66.9 Å². The molecule has 0 aliphatic carbocycles. The van der Waals surface area contributed by atoms with E-state index in [1.165, 1.54) is 5.56 Å². The molecule has 0 saturated carbocycles. The predicted molar refractivity (Wildman–Crippen MR) is 129 cm³/mol. The van der Waals surface area contributed by atoms with Crippen molar-refractivity contribution in [3.63, 3.8) is 0 Å². The number of amides is 1. The van der Waals surface area contributed by atoms with Crippen molar-refractivity contribution in [3.8, 4) is 34.0 Å². The van der Waals surface area contributed by atoms with E-state index in [2.05, 4.69) is 22.4 Å². The number of carbonyl (C=O) groups excluding carboxylic acids is 1. The van der Waals surface area contributed by atoms with E-state index >= 15 is 0 Å². The summed E-state index contributed by atoms with van der Waals surface area (Å²) in [5.74, 6) is 1.19. The minimum atomic E-state index is -0.113. The molecule has 1 amide bonds. The van der Waals surface area contributed by atoms with Gasteiger partial charge in [-0.1, -0.05) is 30.3 Å². The number of aromatic hydroxyl groups is 1. The summed E-state index contributed by atoms with van der Waals surface area (Å²) in [6.45, 7) is 0. The molecule has 0 radical (unpaired) electrons. The summed E-state index contributed by atoms with van der Waals surface area (Å²) in [7, 11) is 1.62. The quantitative estimate of drug-likeness (QED) is 0.379. The lowest BCUT2D eigenvalue weighted by Gasteiger charge is -2.12. The first-order chi connectivity index (χ1) is 16.1. The van der Waals surface area contributed by atoms with Gasteiger partial charge in [-0.25, -0.2) is 9.97 Å². The fourth-order valence-corrected chi connectivity index (χ4v) is 3.49. The number of nitrogens with zero attached hydrogens (tertiary/aromatic N) is 2. The summed E-state index contributed by atoms with van der Waals surface area (Å²) in [6.07, 6.45) is 3.60. The van der Waals surface area contributed by atoms with Gasteiger partial charge in [0.1, 0.15) is 17.2 Å². The van der Waals surface area contributed by atoms with Crippen molar-refractivity contribution >= 4 is 11.7 Å². The molecule has 0 aliphatic heterocycles. The number of carbonyl (C=O) groups is 1. The normalized spacial score (nSPS) is 10.6. The standard InChI is InChI=1S/C27H25N3O3/c1-33-23-16-12-20(13-17-23)24-18-28-27(26(29-24)21-10-14-22(31)15-11-21)30-25(32)9-5-8-19-6-3-2-4-7-19/h2-4,6-7,10-18,31H,5,8-9H2,1H3,(H,28,30,32). The minimum absolute atomic E-state index is 0.113. The number of aryl methyl sites for hydroxylation is 1. The Bertz CT molecular complexity index is 1210. The zero-order valence-electron chi connectivity index (χ0n) is 18.4. The average molecular weight is 440 g/mol. The number of hydrogen-bond donors (Lipinski definition) is 2. The van der Waals surface area contributed by atoms with Crippen molar-refractivity contribution in [2.75, 3.05) is 12.4 Å². The molecule has 33 heavy (non-hydrogen) atoms. The van der Waals surface area contributed by atoms with Crippen molar-refractivity contribution in [2.24, 2.45) is 0 Å². The zero-order chi connectivity index (χ0) is 23.0. The van der Waals surface area contributed by atoms with E-state index in [1.807, 2.05) is 42.5 Å². The lowest BCUT2D eigenvalue weighted by molar-refractivity contribution is -0.116. The van der Waals surface area contributed by atoms with Crippen LogP contribution in [-0.4, -0.2) is 28.1 Å². The van der Waals surface area contributed by atoms with Gasteiger partial charge in [0, 0.05) is 17.5 Å². The first kappa shape index (κ1) is 22.0. The number of methoxy groups -OCH3 is 1. The van der Waals surface area contributed by atoms with Crippen LogP contribution in [0.4, 0.5) is 5.82 Å². The highest BCUT2D eigenvalue weighted by molar-refractivity contribution is 5.93. The number of nitrogens with one attached hydrogen (secondary N) is 1. The first-order valence-electron chi connectivity index (χ1n) is 10.8. The molecule has 4 rings (SSSR count). The second-order valence-corrected chi connectivity index (χ2v) is 7.62. The lowest BCUT2D eigenvalue weighted by Crippen LogP contribution is -2.14. The van der Waals surface area contributed by atoms with E-state index in [4.69, 9.17) is 9.72 Å². The molecule has 0 atom stereocenters. The molecular formula is C27H25N3O3. The van der Waals surface area contributed by atoms with Gasteiger partial charge < -0.3 is 15.2 Å². The molecule has 0 spiro atoms. The Kier molecular flexibility index (Phi) is 6.95. The van der Waals surface area contributed by atoms with Crippen LogP contribution in [0.3, 0.4) is 0 Å². The van der Waals surface area contributed by atoms with Gasteiger partial charge in [0.15, 0.2) is 5.82 Å². The third-order valence-corrected chi connectivity index (χ3v) is 5.27. The van der Waals surface area contributed by atoms with Crippen LogP contribution < -0.4 is 10.1 Å². The Morgan fingerprint density at radius 3 is 2.33 bits per heavy atom. The lowest BCUT2D eigenvalue weighted by atomic mass is 10.1. The number of ether oxygens (including phenoxy) is 1. The van der Waals surface area contributed by atoms with Crippen molar-refractivity contribution in [1.82, 2.24) is 9.97 Å². The third-order valence-electron chi connectivity index (χ3n) is 5.27. The van der Waals surface area contributed by atoms with Gasteiger partial charge >= 0.3 is 0 Å². The smallest absolute Gasteiger partial charge is 0.225 e. The van der Waals surface area contributed by atoms with Crippen molar-refractivity contribution in [1.29, 1.82) is 0 Å². The number of phenols is 1. The van der Waals surface area contributed by atoms with Crippen LogP contribution in [0, 0.1) is 0 Å². The predicted octanol–water partition coefficient (Wildman–Crippen LogP) is 5.49. The number of benzene rings is 3. The highest BCUT2D eigenvalue weighted by Crippen LogP contribution is 2.29. The maximum Gasteiger partial charge on any atom is 0.225 e. The minimum Gasteiger partial charge on any atom is -0.508 e. The molecule has 4 aromatic rings. The van der Waals surface area contributed by atoms with Crippen LogP contribution >= 0.6 is 0 Å². The summed E-state index contributed by atoms with van der Waals surface area (Å²) in [5.41, 5.74) is 4.04. The molecule has 3 aromatic carbocycles. The molecule has 0 fully saturated rings. The molecule has 166 valence electrons. The monoisotopic (exact) mass is 439 g/mol. The van der Waals surface area contributed by atoms with Crippen LogP contribution in [0.1, 0.15) is 18.4 Å². The van der Waals surface area contributed by atoms with E-state index in [1.54, 1.807) is 37.6 Å². The maximum atomic E-state index is 12.6.